The predicted molar refractivity (Wildman–Crippen MR) is 133 cm³/mol. The van der Waals surface area contributed by atoms with Gasteiger partial charge < -0.3 is 14.2 Å². The molecule has 0 amide bonds. The van der Waals surface area contributed by atoms with Crippen molar-refractivity contribution in [2.45, 2.75) is 5.41 Å². The van der Waals surface area contributed by atoms with E-state index in [-0.39, 0.29) is 13.2 Å². The van der Waals surface area contributed by atoms with Crippen LogP contribution in [0.4, 0.5) is 4.79 Å². The molecule has 4 aromatic rings. The van der Waals surface area contributed by atoms with E-state index in [9.17, 15) is 9.59 Å². The van der Waals surface area contributed by atoms with E-state index in [4.69, 9.17) is 25.8 Å². The second-order valence-corrected chi connectivity index (χ2v) is 8.65. The summed E-state index contributed by atoms with van der Waals surface area (Å²) in [4.78, 5) is 25.4. The number of esters is 1. The number of benzene rings is 4. The summed E-state index contributed by atoms with van der Waals surface area (Å²) in [6.45, 7) is -0.0955. The molecule has 1 aliphatic carbocycles. The Bertz CT molecular complexity index is 1320. The van der Waals surface area contributed by atoms with Gasteiger partial charge in [0.15, 0.2) is 0 Å². The van der Waals surface area contributed by atoms with E-state index in [2.05, 4.69) is 0 Å². The maximum absolute atomic E-state index is 12.9. The van der Waals surface area contributed by atoms with Gasteiger partial charge in [0.05, 0.1) is 11.0 Å². The minimum absolute atomic E-state index is 0.0267. The van der Waals surface area contributed by atoms with E-state index < -0.39 is 17.5 Å². The van der Waals surface area contributed by atoms with Crippen molar-refractivity contribution in [2.24, 2.45) is 0 Å². The van der Waals surface area contributed by atoms with Gasteiger partial charge in [-0.15, -0.1) is 0 Å². The van der Waals surface area contributed by atoms with Gasteiger partial charge in [0.2, 0.25) is 0 Å². The van der Waals surface area contributed by atoms with Crippen LogP contribution in [0, 0.1) is 0 Å². The first-order valence-electron chi connectivity index (χ1n) is 11.1. The zero-order chi connectivity index (χ0) is 24.3. The van der Waals surface area contributed by atoms with E-state index in [1.807, 2.05) is 54.6 Å². The Balaban J connectivity index is 1.45. The lowest BCUT2D eigenvalue weighted by atomic mass is 9.79. The fraction of sp³-hybridized carbons (Fsp3) is 0.103. The van der Waals surface area contributed by atoms with E-state index in [0.29, 0.717) is 16.3 Å². The SMILES string of the molecule is O=C(OCC1(COC(=O)c2ccc(Cl)cc2)c2ccccc2-c2ccccc21)Oc1ccccc1. The third-order valence-electron chi connectivity index (χ3n) is 6.09. The Morgan fingerprint density at radius 1 is 0.657 bits per heavy atom. The molecule has 0 radical (unpaired) electrons. The summed E-state index contributed by atoms with van der Waals surface area (Å²) >= 11 is 5.95. The predicted octanol–water partition coefficient (Wildman–Crippen LogP) is 6.68. The highest BCUT2D eigenvalue weighted by atomic mass is 35.5. The average molecular weight is 485 g/mol. The van der Waals surface area contributed by atoms with Crippen LogP contribution >= 0.6 is 11.6 Å². The molecule has 0 atom stereocenters. The van der Waals surface area contributed by atoms with Crippen molar-refractivity contribution in [3.8, 4) is 16.9 Å². The first-order valence-corrected chi connectivity index (χ1v) is 11.5. The molecule has 0 bridgehead atoms. The lowest BCUT2D eigenvalue weighted by Crippen LogP contribution is -2.38. The quantitative estimate of drug-likeness (QED) is 0.225. The van der Waals surface area contributed by atoms with Gasteiger partial charge in [0, 0.05) is 5.02 Å². The van der Waals surface area contributed by atoms with Gasteiger partial charge in [-0.2, -0.15) is 0 Å². The molecule has 174 valence electrons. The summed E-state index contributed by atoms with van der Waals surface area (Å²) in [6.07, 6.45) is -0.832. The van der Waals surface area contributed by atoms with Crippen LogP contribution in [0.1, 0.15) is 21.5 Å². The molecule has 0 aromatic heterocycles. The average Bonchev–Trinajstić information content (AvgIpc) is 3.17. The second kappa shape index (κ2) is 9.65. The minimum Gasteiger partial charge on any atom is -0.461 e. The Labute approximate surface area is 207 Å². The van der Waals surface area contributed by atoms with Crippen LogP contribution in [-0.4, -0.2) is 25.3 Å². The molecule has 0 aliphatic heterocycles. The van der Waals surface area contributed by atoms with Crippen molar-refractivity contribution < 1.29 is 23.8 Å². The second-order valence-electron chi connectivity index (χ2n) is 8.21. The molecular weight excluding hydrogens is 464 g/mol. The molecule has 0 N–H and O–H groups in total. The fourth-order valence-electron chi connectivity index (χ4n) is 4.42. The molecule has 0 saturated carbocycles. The monoisotopic (exact) mass is 484 g/mol. The van der Waals surface area contributed by atoms with Crippen LogP contribution in [0.25, 0.3) is 11.1 Å². The van der Waals surface area contributed by atoms with E-state index in [0.717, 1.165) is 22.3 Å². The summed E-state index contributed by atoms with van der Waals surface area (Å²) in [7, 11) is 0. The number of carbonyl (C=O) groups is 2. The Morgan fingerprint density at radius 2 is 1.20 bits per heavy atom. The number of para-hydroxylation sites is 1. The van der Waals surface area contributed by atoms with Gasteiger partial charge in [0.25, 0.3) is 0 Å². The smallest absolute Gasteiger partial charge is 0.461 e. The van der Waals surface area contributed by atoms with Gasteiger partial charge in [0.1, 0.15) is 19.0 Å². The molecule has 4 aromatic carbocycles. The van der Waals surface area contributed by atoms with Crippen LogP contribution in [0.15, 0.2) is 103 Å². The Hall–Kier alpha value is -4.09. The maximum atomic E-state index is 12.9. The minimum atomic E-state index is -0.898. The molecule has 5 nitrogen and oxygen atoms in total. The molecule has 0 saturated heterocycles. The number of halogens is 1. The fourth-order valence-corrected chi connectivity index (χ4v) is 4.55. The van der Waals surface area contributed by atoms with Crippen LogP contribution < -0.4 is 4.74 Å². The lowest BCUT2D eigenvalue weighted by molar-refractivity contribution is 0.0312. The van der Waals surface area contributed by atoms with Gasteiger partial charge >= 0.3 is 12.1 Å². The standard InChI is InChI=1S/C29H21ClO5/c30-21-16-14-20(15-17-21)27(31)33-18-29(19-34-28(32)35-22-8-2-1-3-9-22)25-12-6-4-10-23(25)24-11-5-7-13-26(24)29/h1-17H,18-19H2. The van der Waals surface area contributed by atoms with Gasteiger partial charge in [-0.25, -0.2) is 9.59 Å². The molecular formula is C29H21ClO5. The molecule has 0 unspecified atom stereocenters. The molecule has 0 fully saturated rings. The number of hydrogen-bond donors (Lipinski definition) is 0. The van der Waals surface area contributed by atoms with Gasteiger partial charge in [-0.3, -0.25) is 0 Å². The van der Waals surface area contributed by atoms with E-state index >= 15 is 0 Å². The Morgan fingerprint density at radius 3 is 1.83 bits per heavy atom. The van der Waals surface area contributed by atoms with Crippen LogP contribution in [-0.2, 0) is 14.9 Å². The summed E-state index contributed by atoms with van der Waals surface area (Å²) < 4.78 is 16.8. The first kappa shape index (κ1) is 22.7. The summed E-state index contributed by atoms with van der Waals surface area (Å²) in [5, 5.41) is 0.530. The van der Waals surface area contributed by atoms with Crippen LogP contribution in [0.2, 0.25) is 5.02 Å². The molecule has 0 spiro atoms. The normalized spacial score (nSPS) is 12.8. The largest absolute Gasteiger partial charge is 0.513 e. The number of fused-ring (bicyclic) bond motifs is 3. The highest BCUT2D eigenvalue weighted by molar-refractivity contribution is 6.30. The zero-order valence-corrected chi connectivity index (χ0v) is 19.4. The Kier molecular flexibility index (Phi) is 6.25. The molecule has 5 rings (SSSR count). The van der Waals surface area contributed by atoms with Crippen molar-refractivity contribution in [3.63, 3.8) is 0 Å². The first-order chi connectivity index (χ1) is 17.1. The van der Waals surface area contributed by atoms with E-state index in [1.54, 1.807) is 48.5 Å². The summed E-state index contributed by atoms with van der Waals surface area (Å²) in [5.41, 5.74) is 3.32. The number of carbonyl (C=O) groups excluding carboxylic acids is 2. The van der Waals surface area contributed by atoms with Crippen molar-refractivity contribution in [1.29, 1.82) is 0 Å². The highest BCUT2D eigenvalue weighted by Crippen LogP contribution is 2.49. The number of rotatable bonds is 6. The molecule has 35 heavy (non-hydrogen) atoms. The van der Waals surface area contributed by atoms with Crippen molar-refractivity contribution in [1.82, 2.24) is 0 Å². The highest BCUT2D eigenvalue weighted by Gasteiger charge is 2.45. The van der Waals surface area contributed by atoms with Gasteiger partial charge in [-0.05, 0) is 58.7 Å². The molecule has 6 heteroatoms. The topological polar surface area (TPSA) is 61.8 Å². The van der Waals surface area contributed by atoms with Crippen molar-refractivity contribution in [3.05, 3.63) is 125 Å². The molecule has 1 aliphatic rings. The summed E-state index contributed by atoms with van der Waals surface area (Å²) in [6, 6.07) is 30.9. The zero-order valence-electron chi connectivity index (χ0n) is 18.6. The third kappa shape index (κ3) is 4.51. The van der Waals surface area contributed by atoms with Crippen molar-refractivity contribution in [2.75, 3.05) is 13.2 Å². The third-order valence-corrected chi connectivity index (χ3v) is 6.34. The van der Waals surface area contributed by atoms with Crippen LogP contribution in [0.3, 0.4) is 0 Å². The maximum Gasteiger partial charge on any atom is 0.513 e. The van der Waals surface area contributed by atoms with E-state index in [1.165, 1.54) is 0 Å². The summed E-state index contributed by atoms with van der Waals surface area (Å²) in [5.74, 6) is -0.109. The number of ether oxygens (including phenoxy) is 3. The van der Waals surface area contributed by atoms with Gasteiger partial charge in [-0.1, -0.05) is 78.3 Å². The lowest BCUT2D eigenvalue weighted by Gasteiger charge is -2.30. The van der Waals surface area contributed by atoms with Crippen molar-refractivity contribution >= 4 is 23.7 Å². The molecule has 0 heterocycles. The van der Waals surface area contributed by atoms with Crippen LogP contribution in [0.5, 0.6) is 5.75 Å². The number of hydrogen-bond acceptors (Lipinski definition) is 5.